The van der Waals surface area contributed by atoms with Crippen molar-refractivity contribution in [1.29, 1.82) is 0 Å². The first-order valence-electron chi connectivity index (χ1n) is 7.43. The van der Waals surface area contributed by atoms with Crippen LogP contribution in [0.15, 0.2) is 0 Å². The van der Waals surface area contributed by atoms with Gasteiger partial charge in [0.2, 0.25) is 0 Å². The Morgan fingerprint density at radius 3 is 1.81 bits per heavy atom. The summed E-state index contributed by atoms with van der Waals surface area (Å²) in [6.45, 7) is 2.73. The molecule has 0 aromatic rings. The molecule has 0 aromatic carbocycles. The highest BCUT2D eigenvalue weighted by Gasteiger charge is 2.38. The van der Waals surface area contributed by atoms with Crippen molar-refractivity contribution >= 4 is 12.1 Å². The van der Waals surface area contributed by atoms with Crippen LogP contribution in [-0.2, 0) is 0 Å². The third-order valence-corrected chi connectivity index (χ3v) is 4.44. The van der Waals surface area contributed by atoms with Gasteiger partial charge in [-0.25, -0.2) is 21.3 Å². The summed E-state index contributed by atoms with van der Waals surface area (Å²) in [7, 11) is 0. The van der Waals surface area contributed by atoms with E-state index in [1.54, 1.807) is 0 Å². The fourth-order valence-corrected chi connectivity index (χ4v) is 3.23. The molecule has 8 N–H and O–H groups in total. The number of nitrogens with two attached hydrogens (primary N) is 4. The minimum Gasteiger partial charge on any atom is -0.350 e. The summed E-state index contributed by atoms with van der Waals surface area (Å²) in [4.78, 5) is 22.4. The molecular weight excluding hydrogens is 272 g/mol. The zero-order valence-corrected chi connectivity index (χ0v) is 12.8. The fourth-order valence-electron chi connectivity index (χ4n) is 3.23. The lowest BCUT2D eigenvalue weighted by atomic mass is 9.69. The number of amides is 4. The predicted octanol–water partition coefficient (Wildman–Crippen LogP) is 0.472. The van der Waals surface area contributed by atoms with Crippen molar-refractivity contribution in [2.75, 3.05) is 13.1 Å². The van der Waals surface area contributed by atoms with Crippen LogP contribution in [0.1, 0.15) is 45.4 Å². The molecule has 8 nitrogen and oxygen atoms in total. The van der Waals surface area contributed by atoms with E-state index in [1.807, 2.05) is 0 Å². The third-order valence-electron chi connectivity index (χ3n) is 4.44. The minimum atomic E-state index is -0.687. The Balaban J connectivity index is 2.76. The van der Waals surface area contributed by atoms with E-state index in [1.165, 1.54) is 6.42 Å². The second-order valence-corrected chi connectivity index (χ2v) is 6.16. The van der Waals surface area contributed by atoms with E-state index in [0.717, 1.165) is 42.1 Å². The standard InChI is InChI=1S/C13H28N6O2/c1-2-3-10-4-6-13(7-5-10,8-18(16)11(14)20)9-19(17)12(15)21/h10H,2-9,16-17H2,1H3,(H2,14,20)(H2,15,21). The largest absolute Gasteiger partial charge is 0.350 e. The average Bonchev–Trinajstić information content (AvgIpc) is 2.41. The maximum absolute atomic E-state index is 11.2. The summed E-state index contributed by atoms with van der Waals surface area (Å²) >= 11 is 0. The molecule has 1 saturated carbocycles. The Hall–Kier alpha value is -1.54. The lowest BCUT2D eigenvalue weighted by molar-refractivity contribution is 0.0647. The van der Waals surface area contributed by atoms with Crippen LogP contribution in [0, 0.1) is 11.3 Å². The first-order valence-corrected chi connectivity index (χ1v) is 7.43. The van der Waals surface area contributed by atoms with Gasteiger partial charge in [0.05, 0.1) is 0 Å². The number of hydrogen-bond acceptors (Lipinski definition) is 4. The topological polar surface area (TPSA) is 145 Å². The van der Waals surface area contributed by atoms with E-state index >= 15 is 0 Å². The van der Waals surface area contributed by atoms with Gasteiger partial charge in [-0.1, -0.05) is 19.8 Å². The van der Waals surface area contributed by atoms with Gasteiger partial charge < -0.3 is 11.5 Å². The molecule has 1 aliphatic rings. The summed E-state index contributed by atoms with van der Waals surface area (Å²) in [5.74, 6) is 12.0. The molecule has 8 heteroatoms. The van der Waals surface area contributed by atoms with Gasteiger partial charge in [-0.05, 0) is 31.6 Å². The number of rotatable bonds is 6. The molecule has 0 atom stereocenters. The predicted molar refractivity (Wildman–Crippen MR) is 80.3 cm³/mol. The Kier molecular flexibility index (Phi) is 6.22. The van der Waals surface area contributed by atoms with Crippen LogP contribution < -0.4 is 23.2 Å². The molecule has 0 bridgehead atoms. The second kappa shape index (κ2) is 7.46. The van der Waals surface area contributed by atoms with Crippen LogP contribution in [0.5, 0.6) is 0 Å². The van der Waals surface area contributed by atoms with Crippen LogP contribution in [-0.4, -0.2) is 35.2 Å². The SMILES string of the molecule is CCCC1CCC(CN(N)C(N)=O)(CN(N)C(N)=O)CC1. The quantitative estimate of drug-likeness (QED) is 0.321. The molecule has 4 amide bonds. The van der Waals surface area contributed by atoms with Crippen molar-refractivity contribution in [1.82, 2.24) is 10.0 Å². The lowest BCUT2D eigenvalue weighted by Gasteiger charge is -2.43. The Bertz CT molecular complexity index is 344. The number of primary amides is 2. The van der Waals surface area contributed by atoms with Crippen molar-refractivity contribution < 1.29 is 9.59 Å². The van der Waals surface area contributed by atoms with E-state index < -0.39 is 12.1 Å². The summed E-state index contributed by atoms with van der Waals surface area (Å²) < 4.78 is 0. The third kappa shape index (κ3) is 5.05. The van der Waals surface area contributed by atoms with Crippen LogP contribution in [0.3, 0.4) is 0 Å². The molecule has 0 heterocycles. The minimum absolute atomic E-state index is 0.280. The molecule has 0 radical (unpaired) electrons. The van der Waals surface area contributed by atoms with E-state index in [-0.39, 0.29) is 18.5 Å². The lowest BCUT2D eigenvalue weighted by Crippen LogP contribution is -2.55. The molecule has 21 heavy (non-hydrogen) atoms. The van der Waals surface area contributed by atoms with Crippen molar-refractivity contribution in [3.05, 3.63) is 0 Å². The number of urea groups is 2. The summed E-state index contributed by atoms with van der Waals surface area (Å²) in [6, 6.07) is -1.37. The monoisotopic (exact) mass is 300 g/mol. The molecule has 0 spiro atoms. The molecule has 0 aliphatic heterocycles. The molecular formula is C13H28N6O2. The van der Waals surface area contributed by atoms with Gasteiger partial charge >= 0.3 is 12.1 Å². The van der Waals surface area contributed by atoms with Crippen LogP contribution >= 0.6 is 0 Å². The second-order valence-electron chi connectivity index (χ2n) is 6.16. The molecule has 0 aromatic heterocycles. The average molecular weight is 300 g/mol. The number of carbonyl (C=O) groups excluding carboxylic acids is 2. The number of hydrogen-bond donors (Lipinski definition) is 4. The summed E-state index contributed by atoms with van der Waals surface area (Å²) in [5.41, 5.74) is 10.1. The number of carbonyl (C=O) groups is 2. The van der Waals surface area contributed by atoms with E-state index in [4.69, 9.17) is 23.2 Å². The van der Waals surface area contributed by atoms with E-state index in [2.05, 4.69) is 6.92 Å². The molecule has 122 valence electrons. The molecule has 0 saturated heterocycles. The van der Waals surface area contributed by atoms with E-state index in [9.17, 15) is 9.59 Å². The van der Waals surface area contributed by atoms with Gasteiger partial charge in [0, 0.05) is 18.5 Å². The molecule has 0 unspecified atom stereocenters. The maximum atomic E-state index is 11.2. The first kappa shape index (κ1) is 17.5. The molecule has 1 fully saturated rings. The summed E-state index contributed by atoms with van der Waals surface area (Å²) in [5, 5.41) is 1.99. The Morgan fingerprint density at radius 1 is 1.05 bits per heavy atom. The zero-order chi connectivity index (χ0) is 16.0. The van der Waals surface area contributed by atoms with Crippen molar-refractivity contribution in [3.63, 3.8) is 0 Å². The number of hydrazine groups is 2. The highest BCUT2D eigenvalue weighted by atomic mass is 16.2. The Morgan fingerprint density at radius 2 is 1.48 bits per heavy atom. The van der Waals surface area contributed by atoms with Crippen LogP contribution in [0.25, 0.3) is 0 Å². The van der Waals surface area contributed by atoms with Crippen molar-refractivity contribution in [2.24, 2.45) is 34.5 Å². The smallest absolute Gasteiger partial charge is 0.328 e. The van der Waals surface area contributed by atoms with Crippen LogP contribution in [0.4, 0.5) is 9.59 Å². The normalized spacial score (nSPS) is 18.2. The number of nitrogens with zero attached hydrogens (tertiary/aromatic N) is 2. The van der Waals surface area contributed by atoms with Gasteiger partial charge in [0.25, 0.3) is 0 Å². The van der Waals surface area contributed by atoms with Gasteiger partial charge in [-0.3, -0.25) is 10.0 Å². The van der Waals surface area contributed by atoms with Gasteiger partial charge in [-0.15, -0.1) is 0 Å². The van der Waals surface area contributed by atoms with Gasteiger partial charge in [0.15, 0.2) is 0 Å². The molecule has 1 aliphatic carbocycles. The highest BCUT2D eigenvalue weighted by molar-refractivity contribution is 5.72. The van der Waals surface area contributed by atoms with Crippen molar-refractivity contribution in [2.45, 2.75) is 45.4 Å². The van der Waals surface area contributed by atoms with Crippen molar-refractivity contribution in [3.8, 4) is 0 Å². The van der Waals surface area contributed by atoms with E-state index in [0.29, 0.717) is 5.92 Å². The maximum Gasteiger partial charge on any atom is 0.328 e. The fraction of sp³-hybridized carbons (Fsp3) is 0.846. The highest BCUT2D eigenvalue weighted by Crippen LogP contribution is 2.41. The van der Waals surface area contributed by atoms with Crippen LogP contribution in [0.2, 0.25) is 0 Å². The summed E-state index contributed by atoms with van der Waals surface area (Å²) in [6.07, 6.45) is 6.12. The first-order chi connectivity index (χ1) is 9.79. The Labute approximate surface area is 125 Å². The zero-order valence-electron chi connectivity index (χ0n) is 12.8. The van der Waals surface area contributed by atoms with Gasteiger partial charge in [-0.2, -0.15) is 0 Å². The molecule has 1 rings (SSSR count). The van der Waals surface area contributed by atoms with Gasteiger partial charge in [0.1, 0.15) is 0 Å².